The third kappa shape index (κ3) is 5.19. The van der Waals surface area contributed by atoms with Crippen LogP contribution < -0.4 is 0 Å². The van der Waals surface area contributed by atoms with Gasteiger partial charge in [0.2, 0.25) is 0 Å². The third-order valence-electron chi connectivity index (χ3n) is 4.03. The van der Waals surface area contributed by atoms with Gasteiger partial charge in [0.15, 0.2) is 0 Å². The molecule has 0 amide bonds. The van der Waals surface area contributed by atoms with E-state index in [4.69, 9.17) is 11.6 Å². The fourth-order valence-electron chi connectivity index (χ4n) is 2.74. The van der Waals surface area contributed by atoms with E-state index in [2.05, 4.69) is 64.5 Å². The second-order valence-electron chi connectivity index (χ2n) is 5.93. The van der Waals surface area contributed by atoms with Gasteiger partial charge >= 0.3 is 0 Å². The monoisotopic (exact) mass is 336 g/mol. The summed E-state index contributed by atoms with van der Waals surface area (Å²) in [5.41, 5.74) is 3.93. The van der Waals surface area contributed by atoms with Gasteiger partial charge in [-0.2, -0.15) is 0 Å². The average molecular weight is 337 g/mol. The first-order valence-corrected chi connectivity index (χ1v) is 8.57. The number of benzene rings is 2. The van der Waals surface area contributed by atoms with Crippen LogP contribution in [0.4, 0.5) is 0 Å². The van der Waals surface area contributed by atoms with Gasteiger partial charge in [-0.05, 0) is 47.4 Å². The molecular formula is C21H21ClN2. The Hall–Kier alpha value is -2.16. The summed E-state index contributed by atoms with van der Waals surface area (Å²) in [6.07, 6.45) is 4.75. The predicted octanol–water partition coefficient (Wildman–Crippen LogP) is 4.98. The zero-order chi connectivity index (χ0) is 16.6. The molecule has 0 radical (unpaired) electrons. The number of hydrogen-bond acceptors (Lipinski definition) is 2. The van der Waals surface area contributed by atoms with Crippen molar-refractivity contribution in [1.29, 1.82) is 0 Å². The molecule has 0 aliphatic heterocycles. The summed E-state index contributed by atoms with van der Waals surface area (Å²) in [5.74, 6) is 0. The average Bonchev–Trinajstić information content (AvgIpc) is 2.63. The number of aromatic nitrogens is 1. The quantitative estimate of drug-likeness (QED) is 0.605. The molecule has 3 heteroatoms. The van der Waals surface area contributed by atoms with E-state index in [1.54, 1.807) is 0 Å². The van der Waals surface area contributed by atoms with E-state index < -0.39 is 0 Å². The normalized spacial score (nSPS) is 10.9. The largest absolute Gasteiger partial charge is 0.295 e. The molecule has 0 unspecified atom stereocenters. The van der Waals surface area contributed by atoms with Crippen LogP contribution in [0.3, 0.4) is 0 Å². The molecule has 0 saturated heterocycles. The Morgan fingerprint density at radius 3 is 2.00 bits per heavy atom. The topological polar surface area (TPSA) is 16.1 Å². The summed E-state index contributed by atoms with van der Waals surface area (Å²) < 4.78 is 0. The molecule has 2 nitrogen and oxygen atoms in total. The number of nitrogens with zero attached hydrogens (tertiary/aromatic N) is 2. The lowest BCUT2D eigenvalue weighted by Crippen LogP contribution is -2.25. The minimum Gasteiger partial charge on any atom is -0.295 e. The molecule has 1 heterocycles. The van der Waals surface area contributed by atoms with Gasteiger partial charge in [0, 0.05) is 37.1 Å². The molecule has 3 aromatic rings. The lowest BCUT2D eigenvalue weighted by atomic mass is 10.1. The van der Waals surface area contributed by atoms with Crippen LogP contribution in [0, 0.1) is 0 Å². The van der Waals surface area contributed by atoms with E-state index in [9.17, 15) is 0 Å². The van der Waals surface area contributed by atoms with Crippen molar-refractivity contribution in [2.45, 2.75) is 19.5 Å². The van der Waals surface area contributed by atoms with Gasteiger partial charge in [0.1, 0.15) is 0 Å². The Morgan fingerprint density at radius 1 is 0.708 bits per heavy atom. The molecule has 0 atom stereocenters. The van der Waals surface area contributed by atoms with Gasteiger partial charge in [-0.3, -0.25) is 9.88 Å². The van der Waals surface area contributed by atoms with Crippen LogP contribution in [0.5, 0.6) is 0 Å². The van der Waals surface area contributed by atoms with Crippen molar-refractivity contribution in [3.63, 3.8) is 0 Å². The number of hydrogen-bond donors (Lipinski definition) is 0. The summed E-state index contributed by atoms with van der Waals surface area (Å²) >= 11 is 6.00. The van der Waals surface area contributed by atoms with E-state index in [0.29, 0.717) is 0 Å². The first-order chi connectivity index (χ1) is 11.8. The standard InChI is InChI=1S/C21H21ClN2/c22-21-8-6-19(7-9-21)16-24(17-20-10-13-23-14-11-20)15-12-18-4-2-1-3-5-18/h1-11,13-14H,12,15-17H2. The first kappa shape index (κ1) is 16.7. The highest BCUT2D eigenvalue weighted by molar-refractivity contribution is 6.30. The number of pyridine rings is 1. The van der Waals surface area contributed by atoms with Gasteiger partial charge in [0.25, 0.3) is 0 Å². The molecular weight excluding hydrogens is 316 g/mol. The lowest BCUT2D eigenvalue weighted by Gasteiger charge is -2.22. The summed E-state index contributed by atoms with van der Waals surface area (Å²) in [4.78, 5) is 6.57. The van der Waals surface area contributed by atoms with Crippen LogP contribution in [0.2, 0.25) is 5.02 Å². The highest BCUT2D eigenvalue weighted by atomic mass is 35.5. The Morgan fingerprint density at radius 2 is 1.33 bits per heavy atom. The highest BCUT2D eigenvalue weighted by Gasteiger charge is 2.08. The second-order valence-corrected chi connectivity index (χ2v) is 6.36. The van der Waals surface area contributed by atoms with Crippen molar-refractivity contribution < 1.29 is 0 Å². The fraction of sp³-hybridized carbons (Fsp3) is 0.190. The molecule has 0 spiro atoms. The van der Waals surface area contributed by atoms with Crippen LogP contribution >= 0.6 is 11.6 Å². The minimum absolute atomic E-state index is 0.781. The molecule has 0 aliphatic rings. The van der Waals surface area contributed by atoms with E-state index in [0.717, 1.165) is 31.1 Å². The SMILES string of the molecule is Clc1ccc(CN(CCc2ccccc2)Cc2ccncc2)cc1. The maximum absolute atomic E-state index is 6.00. The molecule has 122 valence electrons. The van der Waals surface area contributed by atoms with Crippen molar-refractivity contribution in [3.8, 4) is 0 Å². The van der Waals surface area contributed by atoms with Crippen molar-refractivity contribution >= 4 is 11.6 Å². The molecule has 1 aromatic heterocycles. The van der Waals surface area contributed by atoms with E-state index in [1.807, 2.05) is 24.5 Å². The minimum atomic E-state index is 0.781. The van der Waals surface area contributed by atoms with Crippen LogP contribution in [0.15, 0.2) is 79.1 Å². The van der Waals surface area contributed by atoms with Crippen LogP contribution in [-0.4, -0.2) is 16.4 Å². The van der Waals surface area contributed by atoms with Crippen molar-refractivity contribution in [3.05, 3.63) is 101 Å². The zero-order valence-electron chi connectivity index (χ0n) is 13.6. The van der Waals surface area contributed by atoms with Crippen molar-refractivity contribution in [2.75, 3.05) is 6.54 Å². The van der Waals surface area contributed by atoms with Gasteiger partial charge in [-0.1, -0.05) is 54.1 Å². The Labute approximate surface area is 148 Å². The molecule has 2 aromatic carbocycles. The molecule has 0 bridgehead atoms. The maximum Gasteiger partial charge on any atom is 0.0406 e. The van der Waals surface area contributed by atoms with Gasteiger partial charge in [-0.15, -0.1) is 0 Å². The molecule has 0 N–H and O–H groups in total. The van der Waals surface area contributed by atoms with Crippen LogP contribution in [0.1, 0.15) is 16.7 Å². The molecule has 24 heavy (non-hydrogen) atoms. The van der Waals surface area contributed by atoms with E-state index in [-0.39, 0.29) is 0 Å². The zero-order valence-corrected chi connectivity index (χ0v) is 14.4. The Bertz CT molecular complexity index is 727. The molecule has 0 aliphatic carbocycles. The third-order valence-corrected chi connectivity index (χ3v) is 4.29. The fourth-order valence-corrected chi connectivity index (χ4v) is 2.87. The maximum atomic E-state index is 6.00. The van der Waals surface area contributed by atoms with Gasteiger partial charge < -0.3 is 0 Å². The van der Waals surface area contributed by atoms with Gasteiger partial charge in [0.05, 0.1) is 0 Å². The first-order valence-electron chi connectivity index (χ1n) is 8.19. The summed E-state index contributed by atoms with van der Waals surface area (Å²) in [6, 6.07) is 22.9. The highest BCUT2D eigenvalue weighted by Crippen LogP contribution is 2.14. The Kier molecular flexibility index (Phi) is 6.00. The molecule has 0 fully saturated rings. The second kappa shape index (κ2) is 8.62. The Balaban J connectivity index is 1.68. The van der Waals surface area contributed by atoms with Crippen molar-refractivity contribution in [1.82, 2.24) is 9.88 Å². The predicted molar refractivity (Wildman–Crippen MR) is 99.9 cm³/mol. The number of rotatable bonds is 7. The molecule has 0 saturated carbocycles. The molecule has 3 rings (SSSR count). The summed E-state index contributed by atoms with van der Waals surface area (Å²) in [6.45, 7) is 2.83. The lowest BCUT2D eigenvalue weighted by molar-refractivity contribution is 0.260. The summed E-state index contributed by atoms with van der Waals surface area (Å²) in [5, 5.41) is 0.781. The van der Waals surface area contributed by atoms with Crippen LogP contribution in [-0.2, 0) is 19.5 Å². The van der Waals surface area contributed by atoms with E-state index in [1.165, 1.54) is 16.7 Å². The van der Waals surface area contributed by atoms with Crippen LogP contribution in [0.25, 0.3) is 0 Å². The smallest absolute Gasteiger partial charge is 0.0406 e. The van der Waals surface area contributed by atoms with E-state index >= 15 is 0 Å². The summed E-state index contributed by atoms with van der Waals surface area (Å²) in [7, 11) is 0. The van der Waals surface area contributed by atoms with Gasteiger partial charge in [-0.25, -0.2) is 0 Å². The van der Waals surface area contributed by atoms with Crippen molar-refractivity contribution in [2.24, 2.45) is 0 Å². The number of halogens is 1.